The highest BCUT2D eigenvalue weighted by Crippen LogP contribution is 2.28. The van der Waals surface area contributed by atoms with Crippen LogP contribution in [0.1, 0.15) is 31.2 Å². The van der Waals surface area contributed by atoms with E-state index < -0.39 is 11.8 Å². The number of aryl methyl sites for hydroxylation is 1. The van der Waals surface area contributed by atoms with E-state index in [1.54, 1.807) is 30.3 Å². The van der Waals surface area contributed by atoms with Crippen molar-refractivity contribution in [3.63, 3.8) is 0 Å². The highest BCUT2D eigenvalue weighted by Gasteiger charge is 2.18. The lowest BCUT2D eigenvalue weighted by atomic mass is 10.0. The summed E-state index contributed by atoms with van der Waals surface area (Å²) in [5, 5.41) is 2.81. The van der Waals surface area contributed by atoms with Gasteiger partial charge in [-0.2, -0.15) is 4.57 Å². The van der Waals surface area contributed by atoms with Gasteiger partial charge in [0.2, 0.25) is 0 Å². The van der Waals surface area contributed by atoms with Gasteiger partial charge in [-0.1, -0.05) is 67.4 Å². The molecule has 0 fully saturated rings. The zero-order valence-electron chi connectivity index (χ0n) is 17.7. The van der Waals surface area contributed by atoms with Crippen molar-refractivity contribution in [2.75, 3.05) is 6.54 Å². The molecule has 1 N–H and O–H groups in total. The number of hydrogen-bond acceptors (Lipinski definition) is 3. The summed E-state index contributed by atoms with van der Waals surface area (Å²) < 4.78 is 19.7. The van der Waals surface area contributed by atoms with Crippen molar-refractivity contribution >= 4 is 17.1 Å². The number of oxazole rings is 1. The van der Waals surface area contributed by atoms with Crippen molar-refractivity contribution < 1.29 is 13.6 Å². The summed E-state index contributed by atoms with van der Waals surface area (Å²) in [5.41, 5.74) is 3.36. The zero-order valence-corrected chi connectivity index (χ0v) is 17.7. The topological polar surface area (TPSA) is 64.2 Å². The average molecular weight is 432 g/mol. The maximum absolute atomic E-state index is 13.3. The summed E-state index contributed by atoms with van der Waals surface area (Å²) in [4.78, 5) is 25.1. The molecule has 32 heavy (non-hydrogen) atoms. The van der Waals surface area contributed by atoms with Crippen LogP contribution in [0, 0.1) is 5.82 Å². The zero-order chi connectivity index (χ0) is 22.3. The molecule has 1 amide bonds. The van der Waals surface area contributed by atoms with Crippen LogP contribution in [0.5, 0.6) is 0 Å². The van der Waals surface area contributed by atoms with E-state index in [4.69, 9.17) is 4.42 Å². The summed E-state index contributed by atoms with van der Waals surface area (Å²) in [6.07, 6.45) is 5.09. The minimum atomic E-state index is -0.741. The molecule has 4 rings (SSSR count). The van der Waals surface area contributed by atoms with Crippen LogP contribution in [0.3, 0.4) is 0 Å². The molecule has 0 saturated heterocycles. The molecule has 0 unspecified atom stereocenters. The van der Waals surface area contributed by atoms with Crippen molar-refractivity contribution in [1.82, 2.24) is 9.88 Å². The first-order valence-electron chi connectivity index (χ1n) is 10.9. The molecule has 0 atom stereocenters. The number of carbonyl (C=O) groups excluding carboxylic acids is 1. The van der Waals surface area contributed by atoms with E-state index in [9.17, 15) is 14.0 Å². The fourth-order valence-corrected chi connectivity index (χ4v) is 3.82. The van der Waals surface area contributed by atoms with Gasteiger partial charge in [0.05, 0.1) is 0 Å². The molecule has 0 aliphatic heterocycles. The molecule has 0 aliphatic rings. The molecule has 1 aromatic heterocycles. The van der Waals surface area contributed by atoms with Crippen LogP contribution in [0.25, 0.3) is 22.2 Å². The molecule has 5 nitrogen and oxygen atoms in total. The third-order valence-corrected chi connectivity index (χ3v) is 5.48. The highest BCUT2D eigenvalue weighted by molar-refractivity contribution is 5.95. The number of rotatable bonds is 8. The molecular formula is C26H25FN2O3. The van der Waals surface area contributed by atoms with Crippen LogP contribution in [0.4, 0.5) is 9.18 Å². The third kappa shape index (κ3) is 4.97. The van der Waals surface area contributed by atoms with E-state index in [2.05, 4.69) is 29.6 Å². The lowest BCUT2D eigenvalue weighted by molar-refractivity contribution is 0.241. The van der Waals surface area contributed by atoms with Gasteiger partial charge in [0.15, 0.2) is 5.58 Å². The predicted molar refractivity (Wildman–Crippen MR) is 123 cm³/mol. The molecule has 3 aromatic carbocycles. The Bertz CT molecular complexity index is 1240. The van der Waals surface area contributed by atoms with Gasteiger partial charge in [-0.05, 0) is 48.6 Å². The minimum Gasteiger partial charge on any atom is -0.407 e. The average Bonchev–Trinajstić information content (AvgIpc) is 3.15. The summed E-state index contributed by atoms with van der Waals surface area (Å²) in [6, 6.07) is 21.0. The first-order valence-corrected chi connectivity index (χ1v) is 10.9. The Labute approximate surface area is 185 Å². The second kappa shape index (κ2) is 10.1. The third-order valence-electron chi connectivity index (χ3n) is 5.48. The number of halogens is 1. The Hall–Kier alpha value is -3.67. The molecule has 0 aliphatic carbocycles. The number of unbranched alkanes of at least 4 members (excludes halogenated alkanes) is 3. The number of amides is 1. The Morgan fingerprint density at radius 2 is 1.62 bits per heavy atom. The van der Waals surface area contributed by atoms with Crippen LogP contribution < -0.4 is 11.1 Å². The summed E-state index contributed by atoms with van der Waals surface area (Å²) in [6.45, 7) is 0.487. The number of hydrogen-bond donors (Lipinski definition) is 1. The second-order valence-corrected chi connectivity index (χ2v) is 7.75. The lowest BCUT2D eigenvalue weighted by Gasteiger charge is -2.06. The van der Waals surface area contributed by atoms with E-state index in [-0.39, 0.29) is 5.82 Å². The Morgan fingerprint density at radius 3 is 2.41 bits per heavy atom. The van der Waals surface area contributed by atoms with Crippen LogP contribution >= 0.6 is 0 Å². The summed E-state index contributed by atoms with van der Waals surface area (Å²) >= 11 is 0. The largest absolute Gasteiger partial charge is 0.428 e. The molecule has 0 spiro atoms. The highest BCUT2D eigenvalue weighted by atomic mass is 19.1. The Morgan fingerprint density at radius 1 is 0.875 bits per heavy atom. The van der Waals surface area contributed by atoms with E-state index in [0.29, 0.717) is 28.8 Å². The van der Waals surface area contributed by atoms with Crippen molar-refractivity contribution in [2.45, 2.75) is 32.1 Å². The smallest absolute Gasteiger partial charge is 0.407 e. The minimum absolute atomic E-state index is 0.306. The molecule has 1 heterocycles. The summed E-state index contributed by atoms with van der Waals surface area (Å²) in [5.74, 6) is -1.09. The molecule has 6 heteroatoms. The first-order chi connectivity index (χ1) is 15.6. The second-order valence-electron chi connectivity index (χ2n) is 7.75. The van der Waals surface area contributed by atoms with Gasteiger partial charge in [0.1, 0.15) is 11.3 Å². The monoisotopic (exact) mass is 432 g/mol. The predicted octanol–water partition coefficient (Wildman–Crippen LogP) is 5.76. The molecule has 0 radical (unpaired) electrons. The number of benzene rings is 3. The fraction of sp³-hybridized carbons (Fsp3) is 0.231. The van der Waals surface area contributed by atoms with Crippen LogP contribution in [0.2, 0.25) is 0 Å². The molecule has 0 saturated carbocycles. The number of aromatic nitrogens is 1. The standard InChI is InChI=1S/C26H25FN2O3/c27-21-16-14-20(15-17-21)22-12-8-13-23-24(22)32-26(31)29(23)25(30)28-18-7-2-1-4-9-19-10-5-3-6-11-19/h3,5-6,8,10-17H,1-2,4,7,9,18H2,(H,28,30). The number of para-hydroxylation sites is 1. The number of nitrogens with one attached hydrogen (secondary N) is 1. The number of carbonyl (C=O) groups is 1. The van der Waals surface area contributed by atoms with Crippen molar-refractivity contribution in [3.8, 4) is 11.1 Å². The maximum atomic E-state index is 13.3. The maximum Gasteiger partial charge on any atom is 0.428 e. The van der Waals surface area contributed by atoms with E-state index in [1.807, 2.05) is 6.07 Å². The van der Waals surface area contributed by atoms with E-state index >= 15 is 0 Å². The molecule has 4 aromatic rings. The lowest BCUT2D eigenvalue weighted by Crippen LogP contribution is -2.34. The number of fused-ring (bicyclic) bond motifs is 1. The van der Waals surface area contributed by atoms with Crippen molar-refractivity contribution in [1.29, 1.82) is 0 Å². The Balaban J connectivity index is 1.34. The van der Waals surface area contributed by atoms with Crippen LogP contribution in [-0.4, -0.2) is 17.1 Å². The van der Waals surface area contributed by atoms with Crippen LogP contribution in [-0.2, 0) is 6.42 Å². The van der Waals surface area contributed by atoms with Gasteiger partial charge < -0.3 is 9.73 Å². The van der Waals surface area contributed by atoms with Gasteiger partial charge in [-0.25, -0.2) is 14.0 Å². The van der Waals surface area contributed by atoms with E-state index in [0.717, 1.165) is 36.7 Å². The van der Waals surface area contributed by atoms with Gasteiger partial charge in [-0.3, -0.25) is 0 Å². The molecule has 0 bridgehead atoms. The van der Waals surface area contributed by atoms with Gasteiger partial charge in [0, 0.05) is 12.1 Å². The van der Waals surface area contributed by atoms with Gasteiger partial charge in [-0.15, -0.1) is 0 Å². The van der Waals surface area contributed by atoms with Gasteiger partial charge >= 0.3 is 11.8 Å². The quantitative estimate of drug-likeness (QED) is 0.360. The number of nitrogens with zero attached hydrogens (tertiary/aromatic N) is 1. The van der Waals surface area contributed by atoms with Crippen LogP contribution in [0.15, 0.2) is 82.0 Å². The molecular weight excluding hydrogens is 407 g/mol. The normalized spacial score (nSPS) is 11.0. The summed E-state index contributed by atoms with van der Waals surface area (Å²) in [7, 11) is 0. The van der Waals surface area contributed by atoms with Crippen molar-refractivity contribution in [2.24, 2.45) is 0 Å². The van der Waals surface area contributed by atoms with E-state index in [1.165, 1.54) is 17.7 Å². The van der Waals surface area contributed by atoms with Crippen molar-refractivity contribution in [3.05, 3.63) is 94.7 Å². The SMILES string of the molecule is O=C(NCCCCCCc1ccccc1)n1c(=O)oc2c(-c3ccc(F)cc3)cccc21. The Kier molecular flexibility index (Phi) is 6.80. The molecule has 164 valence electrons. The fourth-order valence-electron chi connectivity index (χ4n) is 3.82. The van der Waals surface area contributed by atoms with Gasteiger partial charge in [0.25, 0.3) is 0 Å². The first kappa shape index (κ1) is 21.6.